The zero-order valence-corrected chi connectivity index (χ0v) is 12.1. The summed E-state index contributed by atoms with van der Waals surface area (Å²) in [7, 11) is 2.66. The molecule has 0 saturated carbocycles. The molecule has 6 nitrogen and oxygen atoms in total. The molecule has 0 fully saturated rings. The van der Waals surface area contributed by atoms with E-state index in [0.717, 1.165) is 0 Å². The van der Waals surface area contributed by atoms with E-state index < -0.39 is 5.97 Å². The SMILES string of the molecule is COc1cc(C(=O)O)c(N)c(OC)c1C(=O)c1ccccc1. The molecule has 0 saturated heterocycles. The Balaban J connectivity index is 2.72. The lowest BCUT2D eigenvalue weighted by molar-refractivity contribution is 0.0696. The van der Waals surface area contributed by atoms with Gasteiger partial charge in [-0.25, -0.2) is 4.79 Å². The van der Waals surface area contributed by atoms with Crippen LogP contribution >= 0.6 is 0 Å². The van der Waals surface area contributed by atoms with Crippen LogP contribution in [0.4, 0.5) is 5.69 Å². The number of ether oxygens (including phenoxy) is 2. The molecule has 2 aromatic carbocycles. The van der Waals surface area contributed by atoms with E-state index in [1.165, 1.54) is 20.3 Å². The highest BCUT2D eigenvalue weighted by Gasteiger charge is 2.26. The number of nitrogen functional groups attached to an aromatic ring is 1. The van der Waals surface area contributed by atoms with Gasteiger partial charge in [0.2, 0.25) is 5.78 Å². The highest BCUT2D eigenvalue weighted by molar-refractivity contribution is 6.14. The molecule has 3 N–H and O–H groups in total. The number of anilines is 1. The van der Waals surface area contributed by atoms with E-state index in [4.69, 9.17) is 15.2 Å². The third-order valence-corrected chi connectivity index (χ3v) is 3.20. The molecule has 0 heterocycles. The molecule has 0 aliphatic rings. The Bertz CT molecular complexity index is 725. The van der Waals surface area contributed by atoms with Crippen molar-refractivity contribution in [3.63, 3.8) is 0 Å². The van der Waals surface area contributed by atoms with Crippen LogP contribution in [0.5, 0.6) is 11.5 Å². The second kappa shape index (κ2) is 6.17. The molecule has 22 heavy (non-hydrogen) atoms. The minimum atomic E-state index is -1.23. The molecule has 2 aromatic rings. The van der Waals surface area contributed by atoms with Gasteiger partial charge < -0.3 is 20.3 Å². The van der Waals surface area contributed by atoms with Crippen molar-refractivity contribution >= 4 is 17.4 Å². The van der Waals surface area contributed by atoms with Crippen molar-refractivity contribution in [3.05, 3.63) is 53.1 Å². The summed E-state index contributed by atoms with van der Waals surface area (Å²) in [5.74, 6) is -1.51. The van der Waals surface area contributed by atoms with E-state index in [2.05, 4.69) is 0 Å². The molecule has 0 aromatic heterocycles. The number of carbonyl (C=O) groups is 2. The van der Waals surface area contributed by atoms with E-state index in [0.29, 0.717) is 5.56 Å². The van der Waals surface area contributed by atoms with Crippen LogP contribution in [0.15, 0.2) is 36.4 Å². The maximum absolute atomic E-state index is 12.7. The van der Waals surface area contributed by atoms with Gasteiger partial charge in [0.05, 0.1) is 25.5 Å². The number of carboxylic acids is 1. The summed E-state index contributed by atoms with van der Waals surface area (Å²) in [6.07, 6.45) is 0. The van der Waals surface area contributed by atoms with Gasteiger partial charge in [-0.2, -0.15) is 0 Å². The van der Waals surface area contributed by atoms with Crippen LogP contribution < -0.4 is 15.2 Å². The number of carboxylic acid groups (broad SMARTS) is 1. The average Bonchev–Trinajstić information content (AvgIpc) is 2.54. The average molecular weight is 301 g/mol. The lowest BCUT2D eigenvalue weighted by atomic mass is 9.98. The predicted octanol–water partition coefficient (Wildman–Crippen LogP) is 2.22. The molecule has 114 valence electrons. The summed E-state index contributed by atoms with van der Waals surface area (Å²) in [5.41, 5.74) is 6.04. The van der Waals surface area contributed by atoms with Gasteiger partial charge in [-0.1, -0.05) is 30.3 Å². The van der Waals surface area contributed by atoms with Gasteiger partial charge >= 0.3 is 5.97 Å². The van der Waals surface area contributed by atoms with E-state index in [-0.39, 0.29) is 34.1 Å². The Morgan fingerprint density at radius 1 is 1.09 bits per heavy atom. The number of hydrogen-bond acceptors (Lipinski definition) is 5. The number of rotatable bonds is 5. The van der Waals surface area contributed by atoms with Gasteiger partial charge in [0, 0.05) is 5.56 Å². The third-order valence-electron chi connectivity index (χ3n) is 3.20. The summed E-state index contributed by atoms with van der Waals surface area (Å²) >= 11 is 0. The summed E-state index contributed by atoms with van der Waals surface area (Å²) < 4.78 is 10.3. The summed E-state index contributed by atoms with van der Waals surface area (Å²) in [4.78, 5) is 23.9. The quantitative estimate of drug-likeness (QED) is 0.649. The maximum Gasteiger partial charge on any atom is 0.338 e. The number of aromatic carboxylic acids is 1. The van der Waals surface area contributed by atoms with Crippen LogP contribution in [0.1, 0.15) is 26.3 Å². The molecule has 0 spiro atoms. The number of carbonyl (C=O) groups excluding carboxylic acids is 1. The normalized spacial score (nSPS) is 10.1. The van der Waals surface area contributed by atoms with Crippen LogP contribution in [0.25, 0.3) is 0 Å². The highest BCUT2D eigenvalue weighted by atomic mass is 16.5. The van der Waals surface area contributed by atoms with E-state index >= 15 is 0 Å². The molecule has 0 aliphatic carbocycles. The summed E-state index contributed by atoms with van der Waals surface area (Å²) in [5, 5.41) is 9.18. The Morgan fingerprint density at radius 3 is 2.23 bits per heavy atom. The van der Waals surface area contributed by atoms with Crippen molar-refractivity contribution < 1.29 is 24.2 Å². The minimum Gasteiger partial charge on any atom is -0.496 e. The number of benzene rings is 2. The monoisotopic (exact) mass is 301 g/mol. The van der Waals surface area contributed by atoms with Crippen LogP contribution in [0.3, 0.4) is 0 Å². The number of ketones is 1. The van der Waals surface area contributed by atoms with Crippen LogP contribution in [-0.4, -0.2) is 31.1 Å². The Morgan fingerprint density at radius 2 is 1.73 bits per heavy atom. The number of methoxy groups -OCH3 is 2. The largest absolute Gasteiger partial charge is 0.496 e. The fraction of sp³-hybridized carbons (Fsp3) is 0.125. The highest BCUT2D eigenvalue weighted by Crippen LogP contribution is 2.38. The minimum absolute atomic E-state index is 0.00870. The third kappa shape index (κ3) is 2.58. The second-order valence-electron chi connectivity index (χ2n) is 4.45. The van der Waals surface area contributed by atoms with Crippen molar-refractivity contribution in [3.8, 4) is 11.5 Å². The van der Waals surface area contributed by atoms with Crippen LogP contribution in [0, 0.1) is 0 Å². The smallest absolute Gasteiger partial charge is 0.338 e. The van der Waals surface area contributed by atoms with Crippen molar-refractivity contribution in [2.75, 3.05) is 20.0 Å². The van der Waals surface area contributed by atoms with Crippen LogP contribution in [-0.2, 0) is 0 Å². The molecular weight excluding hydrogens is 286 g/mol. The first-order valence-corrected chi connectivity index (χ1v) is 6.38. The lowest BCUT2D eigenvalue weighted by Gasteiger charge is -2.16. The van der Waals surface area contributed by atoms with Gasteiger partial charge in [-0.05, 0) is 6.07 Å². The first-order valence-electron chi connectivity index (χ1n) is 6.38. The molecule has 0 aliphatic heterocycles. The fourth-order valence-corrected chi connectivity index (χ4v) is 2.15. The zero-order chi connectivity index (χ0) is 16.3. The molecule has 6 heteroatoms. The number of nitrogens with two attached hydrogens (primary N) is 1. The lowest BCUT2D eigenvalue weighted by Crippen LogP contribution is -2.12. The molecule has 2 rings (SSSR count). The molecule has 0 radical (unpaired) electrons. The van der Waals surface area contributed by atoms with Crippen molar-refractivity contribution in [2.24, 2.45) is 0 Å². The maximum atomic E-state index is 12.7. The number of hydrogen-bond donors (Lipinski definition) is 2. The van der Waals surface area contributed by atoms with Gasteiger partial charge in [-0.3, -0.25) is 4.79 Å². The zero-order valence-electron chi connectivity index (χ0n) is 12.1. The Labute approximate surface area is 127 Å². The second-order valence-corrected chi connectivity index (χ2v) is 4.45. The predicted molar refractivity (Wildman–Crippen MR) is 80.8 cm³/mol. The molecule has 0 atom stereocenters. The van der Waals surface area contributed by atoms with E-state index in [1.807, 2.05) is 0 Å². The first-order chi connectivity index (χ1) is 10.5. The Hall–Kier alpha value is -3.02. The van der Waals surface area contributed by atoms with Gasteiger partial charge in [0.15, 0.2) is 5.75 Å². The van der Waals surface area contributed by atoms with Crippen molar-refractivity contribution in [1.29, 1.82) is 0 Å². The van der Waals surface area contributed by atoms with Crippen LogP contribution in [0.2, 0.25) is 0 Å². The standard InChI is InChI=1S/C16H15NO5/c1-21-11-8-10(16(19)20)13(17)15(22-2)12(11)14(18)9-6-4-3-5-7-9/h3-8H,17H2,1-2H3,(H,19,20). The molecule has 0 amide bonds. The molecule has 0 unspecified atom stereocenters. The van der Waals surface area contributed by atoms with Gasteiger partial charge in [-0.15, -0.1) is 0 Å². The van der Waals surface area contributed by atoms with Gasteiger partial charge in [0.1, 0.15) is 11.3 Å². The van der Waals surface area contributed by atoms with E-state index in [9.17, 15) is 14.7 Å². The molecular formula is C16H15NO5. The van der Waals surface area contributed by atoms with E-state index in [1.54, 1.807) is 30.3 Å². The van der Waals surface area contributed by atoms with Gasteiger partial charge in [0.25, 0.3) is 0 Å². The van der Waals surface area contributed by atoms with Crippen molar-refractivity contribution in [1.82, 2.24) is 0 Å². The summed E-state index contributed by atoms with van der Waals surface area (Å²) in [6, 6.07) is 9.73. The molecule has 0 bridgehead atoms. The fourth-order valence-electron chi connectivity index (χ4n) is 2.15. The van der Waals surface area contributed by atoms with Crippen molar-refractivity contribution in [2.45, 2.75) is 0 Å². The Kier molecular flexibility index (Phi) is 4.31. The summed E-state index contributed by atoms with van der Waals surface area (Å²) in [6.45, 7) is 0. The topological polar surface area (TPSA) is 98.8 Å². The first kappa shape index (κ1) is 15.4.